The number of ether oxygens (including phenoxy) is 1. The van der Waals surface area contributed by atoms with Gasteiger partial charge in [0.1, 0.15) is 11.9 Å². The van der Waals surface area contributed by atoms with Crippen molar-refractivity contribution in [1.29, 1.82) is 0 Å². The van der Waals surface area contributed by atoms with E-state index in [9.17, 15) is 0 Å². The lowest BCUT2D eigenvalue weighted by Crippen LogP contribution is -2.56. The number of benzene rings is 2. The van der Waals surface area contributed by atoms with Gasteiger partial charge in [-0.15, -0.1) is 0 Å². The summed E-state index contributed by atoms with van der Waals surface area (Å²) in [5.74, 6) is 0.962. The molecule has 1 aliphatic carbocycles. The molecule has 0 radical (unpaired) electrons. The molecule has 0 aliphatic heterocycles. The van der Waals surface area contributed by atoms with Crippen molar-refractivity contribution in [2.75, 3.05) is 0 Å². The first-order valence-electron chi connectivity index (χ1n) is 7.60. The van der Waals surface area contributed by atoms with Gasteiger partial charge in [-0.2, -0.15) is 0 Å². The Balaban J connectivity index is 1.91. The highest BCUT2D eigenvalue weighted by Crippen LogP contribution is 2.53. The van der Waals surface area contributed by atoms with Gasteiger partial charge in [0.15, 0.2) is 0 Å². The Morgan fingerprint density at radius 3 is 2.52 bits per heavy atom. The van der Waals surface area contributed by atoms with E-state index in [-0.39, 0.29) is 5.41 Å². The minimum Gasteiger partial charge on any atom is -0.489 e. The third kappa shape index (κ3) is 2.43. The number of rotatable bonds is 4. The monoisotopic (exact) mass is 410 g/mol. The second-order valence-electron chi connectivity index (χ2n) is 5.85. The molecule has 21 heavy (non-hydrogen) atoms. The fourth-order valence-corrected chi connectivity index (χ4v) is 5.34. The second kappa shape index (κ2) is 5.92. The topological polar surface area (TPSA) is 9.23 Å². The molecule has 0 heterocycles. The van der Waals surface area contributed by atoms with Gasteiger partial charge >= 0.3 is 0 Å². The summed E-state index contributed by atoms with van der Waals surface area (Å²) in [4.78, 5) is 0.573. The summed E-state index contributed by atoms with van der Waals surface area (Å²) in [6.45, 7) is 4.53. The third-order valence-corrected chi connectivity index (χ3v) is 7.20. The van der Waals surface area contributed by atoms with Crippen LogP contribution in [0.15, 0.2) is 40.9 Å². The highest BCUT2D eigenvalue weighted by molar-refractivity contribution is 9.10. The molecule has 112 valence electrons. The van der Waals surface area contributed by atoms with Gasteiger partial charge in [-0.1, -0.05) is 60.1 Å². The van der Waals surface area contributed by atoms with E-state index in [1.54, 1.807) is 0 Å². The zero-order chi connectivity index (χ0) is 15.0. The van der Waals surface area contributed by atoms with Crippen molar-refractivity contribution in [1.82, 2.24) is 0 Å². The normalized spacial score (nSPS) is 23.8. The first-order chi connectivity index (χ1) is 10.1. The van der Waals surface area contributed by atoms with Crippen LogP contribution in [0.1, 0.15) is 33.1 Å². The van der Waals surface area contributed by atoms with Gasteiger partial charge in [-0.05, 0) is 52.0 Å². The van der Waals surface area contributed by atoms with Gasteiger partial charge in [0.05, 0.1) is 4.47 Å². The molecular formula is C18H20Br2O. The zero-order valence-corrected chi connectivity index (χ0v) is 15.6. The smallest absolute Gasteiger partial charge is 0.134 e. The Morgan fingerprint density at radius 1 is 1.14 bits per heavy atom. The highest BCUT2D eigenvalue weighted by Gasteiger charge is 2.53. The van der Waals surface area contributed by atoms with E-state index in [1.807, 2.05) is 0 Å². The lowest BCUT2D eigenvalue weighted by atomic mass is 9.62. The van der Waals surface area contributed by atoms with E-state index in [4.69, 9.17) is 4.74 Å². The van der Waals surface area contributed by atoms with Crippen LogP contribution < -0.4 is 4.74 Å². The average Bonchev–Trinajstić information content (AvgIpc) is 2.51. The lowest BCUT2D eigenvalue weighted by molar-refractivity contribution is -0.0414. The van der Waals surface area contributed by atoms with Crippen LogP contribution >= 0.6 is 31.9 Å². The van der Waals surface area contributed by atoms with Gasteiger partial charge in [0.25, 0.3) is 0 Å². The maximum Gasteiger partial charge on any atom is 0.134 e. The third-order valence-electron chi connectivity index (χ3n) is 5.10. The maximum atomic E-state index is 6.38. The van der Waals surface area contributed by atoms with Gasteiger partial charge in [-0.3, -0.25) is 0 Å². The largest absolute Gasteiger partial charge is 0.489 e. The number of fused-ring (bicyclic) bond motifs is 1. The van der Waals surface area contributed by atoms with E-state index in [0.717, 1.165) is 29.5 Å². The fraction of sp³-hybridized carbons (Fsp3) is 0.444. The molecule has 0 bridgehead atoms. The zero-order valence-electron chi connectivity index (χ0n) is 12.4. The van der Waals surface area contributed by atoms with Crippen LogP contribution in [0.5, 0.6) is 5.75 Å². The Morgan fingerprint density at radius 2 is 1.86 bits per heavy atom. The fourth-order valence-electron chi connectivity index (χ4n) is 3.47. The summed E-state index contributed by atoms with van der Waals surface area (Å²) in [5.41, 5.74) is 0.269. The van der Waals surface area contributed by atoms with Crippen molar-refractivity contribution >= 4 is 42.6 Å². The first-order valence-corrected chi connectivity index (χ1v) is 9.31. The molecule has 2 aromatic rings. The van der Waals surface area contributed by atoms with E-state index in [0.29, 0.717) is 10.9 Å². The molecule has 1 saturated carbocycles. The number of halogens is 2. The highest BCUT2D eigenvalue weighted by atomic mass is 79.9. The van der Waals surface area contributed by atoms with Crippen LogP contribution in [0, 0.1) is 5.41 Å². The number of hydrogen-bond acceptors (Lipinski definition) is 1. The summed E-state index contributed by atoms with van der Waals surface area (Å²) in [6, 6.07) is 12.6. The van der Waals surface area contributed by atoms with Crippen molar-refractivity contribution in [3.8, 4) is 5.75 Å². The molecule has 0 saturated heterocycles. The van der Waals surface area contributed by atoms with Crippen molar-refractivity contribution < 1.29 is 4.74 Å². The van der Waals surface area contributed by atoms with Gasteiger partial charge < -0.3 is 4.74 Å². The summed E-state index contributed by atoms with van der Waals surface area (Å²) in [5, 5.41) is 2.45. The summed E-state index contributed by atoms with van der Waals surface area (Å²) < 4.78 is 7.45. The molecule has 0 aromatic heterocycles. The Kier molecular flexibility index (Phi) is 4.33. The van der Waals surface area contributed by atoms with Crippen molar-refractivity contribution in [3.05, 3.63) is 40.9 Å². The van der Waals surface area contributed by atoms with Gasteiger partial charge in [-0.25, -0.2) is 0 Å². The predicted octanol–water partition coefficient (Wildman–Crippen LogP) is 6.32. The van der Waals surface area contributed by atoms with Crippen LogP contribution in [-0.2, 0) is 0 Å². The van der Waals surface area contributed by atoms with E-state index in [1.165, 1.54) is 10.8 Å². The molecular weight excluding hydrogens is 392 g/mol. The summed E-state index contributed by atoms with van der Waals surface area (Å²) >= 11 is 7.55. The molecule has 2 unspecified atom stereocenters. The van der Waals surface area contributed by atoms with Crippen molar-refractivity contribution in [2.45, 2.75) is 44.0 Å². The minimum absolute atomic E-state index is 0.269. The van der Waals surface area contributed by atoms with E-state index >= 15 is 0 Å². The molecule has 1 nitrogen and oxygen atoms in total. The van der Waals surface area contributed by atoms with Gasteiger partial charge in [0.2, 0.25) is 0 Å². The summed E-state index contributed by atoms with van der Waals surface area (Å²) in [7, 11) is 0. The van der Waals surface area contributed by atoms with Crippen LogP contribution in [0.2, 0.25) is 0 Å². The standard InChI is InChI=1S/C18H20Br2O/c1-3-18(4-2)15(19)11-16(18)21-14-10-9-12-7-5-6-8-13(12)17(14)20/h5-10,15-16H,3-4,11H2,1-2H3. The molecule has 3 heteroatoms. The lowest BCUT2D eigenvalue weighted by Gasteiger charge is -2.52. The number of alkyl halides is 1. The van der Waals surface area contributed by atoms with Crippen LogP contribution in [-0.4, -0.2) is 10.9 Å². The van der Waals surface area contributed by atoms with Crippen molar-refractivity contribution in [2.24, 2.45) is 5.41 Å². The minimum atomic E-state index is 0.269. The molecule has 0 amide bonds. The molecule has 2 atom stereocenters. The van der Waals surface area contributed by atoms with E-state index < -0.39 is 0 Å². The quantitative estimate of drug-likeness (QED) is 0.534. The molecule has 1 aliphatic rings. The Hall–Kier alpha value is -0.540. The first kappa shape index (κ1) is 15.4. The summed E-state index contributed by atoms with van der Waals surface area (Å²) in [6.07, 6.45) is 3.68. The maximum absolute atomic E-state index is 6.38. The Labute approximate surface area is 143 Å². The number of hydrogen-bond donors (Lipinski definition) is 0. The SMILES string of the molecule is CCC1(CC)C(Br)CC1Oc1ccc2ccccc2c1Br. The van der Waals surface area contributed by atoms with Gasteiger partial charge in [0, 0.05) is 10.2 Å². The molecule has 3 rings (SSSR count). The van der Waals surface area contributed by atoms with E-state index in [2.05, 4.69) is 82.1 Å². The molecule has 1 fully saturated rings. The predicted molar refractivity (Wildman–Crippen MR) is 96.4 cm³/mol. The van der Waals surface area contributed by atoms with Crippen molar-refractivity contribution in [3.63, 3.8) is 0 Å². The average molecular weight is 412 g/mol. The second-order valence-corrected chi connectivity index (χ2v) is 7.75. The van der Waals surface area contributed by atoms with Crippen LogP contribution in [0.25, 0.3) is 10.8 Å². The van der Waals surface area contributed by atoms with Crippen LogP contribution in [0.3, 0.4) is 0 Å². The van der Waals surface area contributed by atoms with Crippen LogP contribution in [0.4, 0.5) is 0 Å². The molecule has 0 spiro atoms. The Bertz CT molecular complexity index is 649. The molecule has 0 N–H and O–H groups in total. The molecule has 2 aromatic carbocycles.